The van der Waals surface area contributed by atoms with Gasteiger partial charge in [0.15, 0.2) is 0 Å². The molecule has 1 aromatic carbocycles. The standard InChI is InChI=1S/C14H19N/c1-12-5-7-14(8-6-12)13(2)11-15-9-3-4-10-15/h5-8H,2-4,9-11H2,1H3. The molecule has 1 aromatic rings. The van der Waals surface area contributed by atoms with Crippen LogP contribution in [-0.4, -0.2) is 24.5 Å². The van der Waals surface area contributed by atoms with E-state index in [9.17, 15) is 0 Å². The van der Waals surface area contributed by atoms with Crippen LogP contribution in [0.1, 0.15) is 24.0 Å². The van der Waals surface area contributed by atoms with Gasteiger partial charge in [-0.3, -0.25) is 4.90 Å². The molecule has 1 aliphatic rings. The summed E-state index contributed by atoms with van der Waals surface area (Å²) in [5.74, 6) is 0. The maximum absolute atomic E-state index is 4.18. The summed E-state index contributed by atoms with van der Waals surface area (Å²) in [6, 6.07) is 8.66. The van der Waals surface area contributed by atoms with Crippen molar-refractivity contribution in [2.75, 3.05) is 19.6 Å². The second-order valence-corrected chi connectivity index (χ2v) is 4.45. The summed E-state index contributed by atoms with van der Waals surface area (Å²) >= 11 is 0. The van der Waals surface area contributed by atoms with Gasteiger partial charge in [0.2, 0.25) is 0 Å². The number of aryl methyl sites for hydroxylation is 1. The molecule has 1 aliphatic heterocycles. The van der Waals surface area contributed by atoms with Crippen molar-refractivity contribution >= 4 is 5.57 Å². The highest BCUT2D eigenvalue weighted by molar-refractivity contribution is 5.64. The molecule has 0 unspecified atom stereocenters. The van der Waals surface area contributed by atoms with E-state index in [0.717, 1.165) is 6.54 Å². The molecule has 0 radical (unpaired) electrons. The van der Waals surface area contributed by atoms with Gasteiger partial charge in [-0.05, 0) is 44.0 Å². The van der Waals surface area contributed by atoms with Crippen LogP contribution in [0.5, 0.6) is 0 Å². The van der Waals surface area contributed by atoms with Crippen LogP contribution in [0.15, 0.2) is 30.8 Å². The molecule has 0 atom stereocenters. The molecule has 1 fully saturated rings. The molecule has 0 spiro atoms. The van der Waals surface area contributed by atoms with Crippen LogP contribution in [0, 0.1) is 6.92 Å². The molecule has 0 amide bonds. The Kier molecular flexibility index (Phi) is 3.22. The van der Waals surface area contributed by atoms with E-state index < -0.39 is 0 Å². The van der Waals surface area contributed by atoms with Crippen molar-refractivity contribution in [3.05, 3.63) is 42.0 Å². The first-order chi connectivity index (χ1) is 7.25. The summed E-state index contributed by atoms with van der Waals surface area (Å²) in [5, 5.41) is 0. The Morgan fingerprint density at radius 1 is 1.20 bits per heavy atom. The lowest BCUT2D eigenvalue weighted by Gasteiger charge is -2.16. The Bertz CT molecular complexity index is 331. The van der Waals surface area contributed by atoms with Crippen molar-refractivity contribution in [2.24, 2.45) is 0 Å². The van der Waals surface area contributed by atoms with Crippen molar-refractivity contribution in [1.82, 2.24) is 4.90 Å². The monoisotopic (exact) mass is 201 g/mol. The molecule has 1 nitrogen and oxygen atoms in total. The van der Waals surface area contributed by atoms with Gasteiger partial charge in [0.05, 0.1) is 0 Å². The summed E-state index contributed by atoms with van der Waals surface area (Å²) in [4.78, 5) is 2.49. The van der Waals surface area contributed by atoms with Crippen LogP contribution >= 0.6 is 0 Å². The zero-order valence-electron chi connectivity index (χ0n) is 9.50. The van der Waals surface area contributed by atoms with Crippen LogP contribution in [0.4, 0.5) is 0 Å². The molecule has 15 heavy (non-hydrogen) atoms. The van der Waals surface area contributed by atoms with Crippen molar-refractivity contribution in [3.63, 3.8) is 0 Å². The Balaban J connectivity index is 1.98. The number of benzene rings is 1. The average molecular weight is 201 g/mol. The van der Waals surface area contributed by atoms with Gasteiger partial charge in [0.25, 0.3) is 0 Å². The van der Waals surface area contributed by atoms with Crippen LogP contribution < -0.4 is 0 Å². The highest BCUT2D eigenvalue weighted by Gasteiger charge is 2.12. The lowest BCUT2D eigenvalue weighted by molar-refractivity contribution is 0.383. The van der Waals surface area contributed by atoms with E-state index in [1.165, 1.54) is 42.6 Å². The molecule has 1 heterocycles. The highest BCUT2D eigenvalue weighted by atomic mass is 15.1. The molecule has 80 valence electrons. The molecular formula is C14H19N. The molecule has 0 saturated carbocycles. The van der Waals surface area contributed by atoms with E-state index in [-0.39, 0.29) is 0 Å². The molecule has 0 aromatic heterocycles. The number of rotatable bonds is 3. The average Bonchev–Trinajstić information content (AvgIpc) is 2.71. The second-order valence-electron chi connectivity index (χ2n) is 4.45. The lowest BCUT2D eigenvalue weighted by atomic mass is 10.1. The van der Waals surface area contributed by atoms with Crippen LogP contribution in [0.3, 0.4) is 0 Å². The maximum Gasteiger partial charge on any atom is 0.0233 e. The van der Waals surface area contributed by atoms with E-state index in [4.69, 9.17) is 0 Å². The molecule has 1 saturated heterocycles. The fourth-order valence-electron chi connectivity index (χ4n) is 2.09. The topological polar surface area (TPSA) is 3.24 Å². The van der Waals surface area contributed by atoms with E-state index >= 15 is 0 Å². The summed E-state index contributed by atoms with van der Waals surface area (Å²) in [5.41, 5.74) is 3.84. The van der Waals surface area contributed by atoms with Gasteiger partial charge < -0.3 is 0 Å². The first kappa shape index (κ1) is 10.4. The van der Waals surface area contributed by atoms with Crippen molar-refractivity contribution in [3.8, 4) is 0 Å². The third-order valence-electron chi connectivity index (χ3n) is 3.07. The summed E-state index contributed by atoms with van der Waals surface area (Å²) in [6.07, 6.45) is 2.70. The minimum Gasteiger partial charge on any atom is -0.299 e. The third kappa shape index (κ3) is 2.69. The van der Waals surface area contributed by atoms with E-state index in [2.05, 4.69) is 42.7 Å². The van der Waals surface area contributed by atoms with Gasteiger partial charge in [-0.25, -0.2) is 0 Å². The molecule has 1 heteroatoms. The van der Waals surface area contributed by atoms with Crippen LogP contribution in [0.2, 0.25) is 0 Å². The molecule has 2 rings (SSSR count). The Morgan fingerprint density at radius 2 is 1.80 bits per heavy atom. The molecule has 0 bridgehead atoms. The fourth-order valence-corrected chi connectivity index (χ4v) is 2.09. The second kappa shape index (κ2) is 4.63. The van der Waals surface area contributed by atoms with Gasteiger partial charge in [-0.2, -0.15) is 0 Å². The van der Waals surface area contributed by atoms with Crippen molar-refractivity contribution in [2.45, 2.75) is 19.8 Å². The molecule has 0 aliphatic carbocycles. The van der Waals surface area contributed by atoms with E-state index in [1.54, 1.807) is 0 Å². The molecule has 0 N–H and O–H groups in total. The number of likely N-dealkylation sites (tertiary alicyclic amines) is 1. The highest BCUT2D eigenvalue weighted by Crippen LogP contribution is 2.17. The Morgan fingerprint density at radius 3 is 2.40 bits per heavy atom. The number of hydrogen-bond acceptors (Lipinski definition) is 1. The SMILES string of the molecule is C=C(CN1CCCC1)c1ccc(C)cc1. The Hall–Kier alpha value is -1.08. The van der Waals surface area contributed by atoms with Gasteiger partial charge in [-0.1, -0.05) is 36.4 Å². The van der Waals surface area contributed by atoms with Crippen molar-refractivity contribution in [1.29, 1.82) is 0 Å². The predicted molar refractivity (Wildman–Crippen MR) is 65.9 cm³/mol. The number of hydrogen-bond donors (Lipinski definition) is 0. The normalized spacial score (nSPS) is 16.9. The first-order valence-electron chi connectivity index (χ1n) is 5.73. The number of nitrogens with zero attached hydrogens (tertiary/aromatic N) is 1. The Labute approximate surface area is 92.4 Å². The van der Waals surface area contributed by atoms with Crippen LogP contribution in [0.25, 0.3) is 5.57 Å². The van der Waals surface area contributed by atoms with Crippen molar-refractivity contribution < 1.29 is 0 Å². The predicted octanol–water partition coefficient (Wildman–Crippen LogP) is 3.10. The van der Waals surface area contributed by atoms with Gasteiger partial charge in [0.1, 0.15) is 0 Å². The quantitative estimate of drug-likeness (QED) is 0.726. The lowest BCUT2D eigenvalue weighted by Crippen LogP contribution is -2.21. The smallest absolute Gasteiger partial charge is 0.0233 e. The minimum absolute atomic E-state index is 1.03. The zero-order chi connectivity index (χ0) is 10.7. The molecular weight excluding hydrogens is 182 g/mol. The summed E-state index contributed by atoms with van der Waals surface area (Å²) in [6.45, 7) is 9.81. The summed E-state index contributed by atoms with van der Waals surface area (Å²) < 4.78 is 0. The van der Waals surface area contributed by atoms with Gasteiger partial charge in [-0.15, -0.1) is 0 Å². The first-order valence-corrected chi connectivity index (χ1v) is 5.73. The fraction of sp³-hybridized carbons (Fsp3) is 0.429. The van der Waals surface area contributed by atoms with E-state index in [0.29, 0.717) is 0 Å². The van der Waals surface area contributed by atoms with E-state index in [1.807, 2.05) is 0 Å². The zero-order valence-corrected chi connectivity index (χ0v) is 9.50. The largest absolute Gasteiger partial charge is 0.299 e. The third-order valence-corrected chi connectivity index (χ3v) is 3.07. The van der Waals surface area contributed by atoms with Gasteiger partial charge >= 0.3 is 0 Å². The van der Waals surface area contributed by atoms with Crippen LogP contribution in [-0.2, 0) is 0 Å². The summed E-state index contributed by atoms with van der Waals surface area (Å²) in [7, 11) is 0. The van der Waals surface area contributed by atoms with Gasteiger partial charge in [0, 0.05) is 6.54 Å². The minimum atomic E-state index is 1.03. The maximum atomic E-state index is 4.18.